The Morgan fingerprint density at radius 3 is 2.73 bits per heavy atom. The number of phenolic OH excluding ortho intramolecular Hbond substituents is 1. The molecule has 1 aromatic carbocycles. The second-order valence-electron chi connectivity index (χ2n) is 2.81. The van der Waals surface area contributed by atoms with E-state index in [1.807, 2.05) is 0 Å². The molecule has 0 fully saturated rings. The standard InChI is InChI=1S/C9H8ClF2NO2/c10-3-8(14)13-4-5-1-6(11)2-7(12)9(5)15/h1-2,15H,3-4H2,(H,13,14). The number of rotatable bonds is 3. The van der Waals surface area contributed by atoms with Crippen molar-refractivity contribution < 1.29 is 18.7 Å². The zero-order valence-electron chi connectivity index (χ0n) is 7.56. The molecule has 2 N–H and O–H groups in total. The monoisotopic (exact) mass is 235 g/mol. The predicted molar refractivity (Wildman–Crippen MR) is 50.6 cm³/mol. The Bertz CT molecular complexity index is 385. The van der Waals surface area contributed by atoms with Crippen molar-refractivity contribution in [1.82, 2.24) is 5.32 Å². The van der Waals surface area contributed by atoms with Crippen LogP contribution in [-0.2, 0) is 11.3 Å². The van der Waals surface area contributed by atoms with Crippen LogP contribution in [0.15, 0.2) is 12.1 Å². The Balaban J connectivity index is 2.81. The Kier molecular flexibility index (Phi) is 3.85. The highest BCUT2D eigenvalue weighted by Crippen LogP contribution is 2.22. The van der Waals surface area contributed by atoms with Crippen molar-refractivity contribution in [2.45, 2.75) is 6.54 Å². The summed E-state index contributed by atoms with van der Waals surface area (Å²) in [5.41, 5.74) is -0.0361. The summed E-state index contributed by atoms with van der Waals surface area (Å²) in [6.07, 6.45) is 0. The number of halogens is 3. The second kappa shape index (κ2) is 4.93. The number of carbonyl (C=O) groups excluding carboxylic acids is 1. The molecule has 0 atom stereocenters. The van der Waals surface area contributed by atoms with Crippen molar-refractivity contribution in [2.75, 3.05) is 5.88 Å². The van der Waals surface area contributed by atoms with Crippen LogP contribution in [0.1, 0.15) is 5.56 Å². The van der Waals surface area contributed by atoms with Crippen LogP contribution in [0, 0.1) is 11.6 Å². The normalized spacial score (nSPS) is 10.1. The lowest BCUT2D eigenvalue weighted by molar-refractivity contribution is -0.118. The Morgan fingerprint density at radius 1 is 1.47 bits per heavy atom. The number of alkyl halides is 1. The quantitative estimate of drug-likeness (QED) is 0.781. The van der Waals surface area contributed by atoms with Crippen LogP contribution in [0.2, 0.25) is 0 Å². The molecular weight excluding hydrogens is 228 g/mol. The first-order valence-corrected chi connectivity index (χ1v) is 4.57. The third-order valence-electron chi connectivity index (χ3n) is 1.70. The fourth-order valence-electron chi connectivity index (χ4n) is 0.995. The summed E-state index contributed by atoms with van der Waals surface area (Å²) in [6.45, 7) is -0.175. The number of hydrogen-bond donors (Lipinski definition) is 2. The maximum atomic E-state index is 12.8. The molecule has 0 aromatic heterocycles. The van der Waals surface area contributed by atoms with E-state index in [0.29, 0.717) is 6.07 Å². The van der Waals surface area contributed by atoms with Gasteiger partial charge in [-0.3, -0.25) is 4.79 Å². The molecule has 0 aliphatic heterocycles. The molecule has 1 aromatic rings. The van der Waals surface area contributed by atoms with Gasteiger partial charge in [0.15, 0.2) is 11.6 Å². The summed E-state index contributed by atoms with van der Waals surface area (Å²) in [6, 6.07) is 1.50. The van der Waals surface area contributed by atoms with E-state index in [4.69, 9.17) is 11.6 Å². The van der Waals surface area contributed by atoms with E-state index >= 15 is 0 Å². The summed E-state index contributed by atoms with van der Waals surface area (Å²) < 4.78 is 25.5. The molecule has 0 spiro atoms. The SMILES string of the molecule is O=C(CCl)NCc1cc(F)cc(F)c1O. The molecule has 0 heterocycles. The molecule has 1 amide bonds. The van der Waals surface area contributed by atoms with Crippen LogP contribution >= 0.6 is 11.6 Å². The minimum Gasteiger partial charge on any atom is -0.505 e. The van der Waals surface area contributed by atoms with Crippen LogP contribution in [0.3, 0.4) is 0 Å². The summed E-state index contributed by atoms with van der Waals surface area (Å²) in [4.78, 5) is 10.8. The first-order valence-electron chi connectivity index (χ1n) is 4.04. The minimum absolute atomic E-state index is 0.0361. The van der Waals surface area contributed by atoms with Gasteiger partial charge in [-0.25, -0.2) is 8.78 Å². The zero-order chi connectivity index (χ0) is 11.4. The molecule has 6 heteroatoms. The van der Waals surface area contributed by atoms with Crippen molar-refractivity contribution in [1.29, 1.82) is 0 Å². The van der Waals surface area contributed by atoms with Crippen LogP contribution in [0.5, 0.6) is 5.75 Å². The van der Waals surface area contributed by atoms with Gasteiger partial charge in [-0.2, -0.15) is 0 Å². The third-order valence-corrected chi connectivity index (χ3v) is 1.95. The molecule has 1 rings (SSSR count). The summed E-state index contributed by atoms with van der Waals surface area (Å²) >= 11 is 5.20. The Hall–Kier alpha value is -1.36. The van der Waals surface area contributed by atoms with Crippen LogP contribution in [0.25, 0.3) is 0 Å². The van der Waals surface area contributed by atoms with Gasteiger partial charge in [-0.05, 0) is 6.07 Å². The molecule has 15 heavy (non-hydrogen) atoms. The average molecular weight is 236 g/mol. The van der Waals surface area contributed by atoms with Crippen LogP contribution < -0.4 is 5.32 Å². The zero-order valence-corrected chi connectivity index (χ0v) is 8.31. The minimum atomic E-state index is -1.06. The highest BCUT2D eigenvalue weighted by Gasteiger charge is 2.10. The molecule has 0 saturated heterocycles. The van der Waals surface area contributed by atoms with Crippen LogP contribution in [-0.4, -0.2) is 16.9 Å². The van der Waals surface area contributed by atoms with Crippen molar-refractivity contribution in [2.24, 2.45) is 0 Å². The van der Waals surface area contributed by atoms with Crippen molar-refractivity contribution >= 4 is 17.5 Å². The Morgan fingerprint density at radius 2 is 2.13 bits per heavy atom. The first-order chi connectivity index (χ1) is 7.04. The molecule has 0 saturated carbocycles. The lowest BCUT2D eigenvalue weighted by atomic mass is 10.2. The van der Waals surface area contributed by atoms with Crippen molar-refractivity contribution in [3.05, 3.63) is 29.3 Å². The number of amides is 1. The highest BCUT2D eigenvalue weighted by molar-refractivity contribution is 6.27. The topological polar surface area (TPSA) is 49.3 Å². The maximum absolute atomic E-state index is 12.8. The van der Waals surface area contributed by atoms with E-state index in [0.717, 1.165) is 6.07 Å². The van der Waals surface area contributed by atoms with Crippen molar-refractivity contribution in [3.63, 3.8) is 0 Å². The maximum Gasteiger partial charge on any atom is 0.235 e. The summed E-state index contributed by atoms with van der Waals surface area (Å²) in [7, 11) is 0. The smallest absolute Gasteiger partial charge is 0.235 e. The van der Waals surface area contributed by atoms with Gasteiger partial charge in [0.25, 0.3) is 0 Å². The molecule has 0 aliphatic rings. The van der Waals surface area contributed by atoms with E-state index in [2.05, 4.69) is 5.32 Å². The molecule has 82 valence electrons. The number of phenols is 1. The molecule has 0 unspecified atom stereocenters. The molecule has 0 radical (unpaired) electrons. The van der Waals surface area contributed by atoms with Gasteiger partial charge >= 0.3 is 0 Å². The van der Waals surface area contributed by atoms with Gasteiger partial charge in [0, 0.05) is 18.2 Å². The summed E-state index contributed by atoms with van der Waals surface area (Å²) in [5, 5.41) is 11.5. The number of nitrogens with one attached hydrogen (secondary N) is 1. The highest BCUT2D eigenvalue weighted by atomic mass is 35.5. The summed E-state index contributed by atoms with van der Waals surface area (Å²) in [5.74, 6) is -3.30. The van der Waals surface area contributed by atoms with Gasteiger partial charge in [0.2, 0.25) is 5.91 Å². The number of carbonyl (C=O) groups is 1. The first kappa shape index (κ1) is 11.7. The molecule has 3 nitrogen and oxygen atoms in total. The van der Waals surface area contributed by atoms with Gasteiger partial charge < -0.3 is 10.4 Å². The van der Waals surface area contributed by atoms with Gasteiger partial charge in [-0.15, -0.1) is 11.6 Å². The second-order valence-corrected chi connectivity index (χ2v) is 3.07. The van der Waals surface area contributed by atoms with E-state index in [1.165, 1.54) is 0 Å². The fraction of sp³-hybridized carbons (Fsp3) is 0.222. The van der Waals surface area contributed by atoms with Gasteiger partial charge in [-0.1, -0.05) is 0 Å². The number of hydrogen-bond acceptors (Lipinski definition) is 2. The Labute approximate surface area is 89.7 Å². The predicted octanol–water partition coefficient (Wildman–Crippen LogP) is 1.53. The largest absolute Gasteiger partial charge is 0.505 e. The van der Waals surface area contributed by atoms with Gasteiger partial charge in [0.1, 0.15) is 11.7 Å². The van der Waals surface area contributed by atoms with E-state index in [9.17, 15) is 18.7 Å². The van der Waals surface area contributed by atoms with E-state index in [-0.39, 0.29) is 18.0 Å². The van der Waals surface area contributed by atoms with E-state index < -0.39 is 23.3 Å². The molecule has 0 aliphatic carbocycles. The molecule has 0 bridgehead atoms. The lowest BCUT2D eigenvalue weighted by Crippen LogP contribution is -2.23. The van der Waals surface area contributed by atoms with Crippen molar-refractivity contribution in [3.8, 4) is 5.75 Å². The lowest BCUT2D eigenvalue weighted by Gasteiger charge is -2.06. The third kappa shape index (κ3) is 3.06. The fourth-order valence-corrected chi connectivity index (χ4v) is 1.09. The van der Waals surface area contributed by atoms with Crippen LogP contribution in [0.4, 0.5) is 8.78 Å². The molecular formula is C9H8ClF2NO2. The average Bonchev–Trinajstić information content (AvgIpc) is 2.20. The number of benzene rings is 1. The van der Waals surface area contributed by atoms with E-state index in [1.54, 1.807) is 0 Å². The number of aromatic hydroxyl groups is 1. The van der Waals surface area contributed by atoms with Gasteiger partial charge in [0.05, 0.1) is 0 Å².